The Morgan fingerprint density at radius 1 is 0.880 bits per heavy atom. The predicted octanol–water partition coefficient (Wildman–Crippen LogP) is 4.92. The average Bonchev–Trinajstić information content (AvgIpc) is 2.92. The summed E-state index contributed by atoms with van der Waals surface area (Å²) < 4.78 is 7.21. The second-order valence-corrected chi connectivity index (χ2v) is 12.5. The van der Waals surface area contributed by atoms with Crippen LogP contribution in [0.25, 0.3) is 0 Å². The Morgan fingerprint density at radius 2 is 1.36 bits per heavy atom. The first kappa shape index (κ1) is 18.2. The van der Waals surface area contributed by atoms with Crippen molar-refractivity contribution >= 4 is 18.7 Å². The molecule has 0 heterocycles. The number of hydrogen-bond acceptors (Lipinski definition) is 1. The van der Waals surface area contributed by atoms with Crippen LogP contribution < -0.4 is 10.4 Å². The van der Waals surface area contributed by atoms with E-state index in [1.807, 2.05) is 0 Å². The normalized spacial score (nSPS) is 21.2. The molecule has 1 aliphatic rings. The van der Waals surface area contributed by atoms with E-state index in [-0.39, 0.29) is 11.1 Å². The first-order valence-corrected chi connectivity index (χ1v) is 11.2. The van der Waals surface area contributed by atoms with Crippen molar-refractivity contribution in [2.45, 2.75) is 52.2 Å². The Bertz CT molecular complexity index is 688. The predicted molar refractivity (Wildman–Crippen MR) is 110 cm³/mol. The molecular weight excluding hydrogens is 320 g/mol. The van der Waals surface area contributed by atoms with Gasteiger partial charge in [0.05, 0.1) is 6.10 Å². The van der Waals surface area contributed by atoms with Crippen LogP contribution in [-0.2, 0) is 4.43 Å². The molecule has 2 atom stereocenters. The molecular formula is C23H30OSi. The Hall–Kier alpha value is -1.64. The van der Waals surface area contributed by atoms with Gasteiger partial charge in [0.2, 0.25) is 0 Å². The Kier molecular flexibility index (Phi) is 5.03. The highest BCUT2D eigenvalue weighted by molar-refractivity contribution is 6.99. The number of hydrogen-bond donors (Lipinski definition) is 0. The van der Waals surface area contributed by atoms with Crippen LogP contribution in [-0.4, -0.2) is 14.4 Å². The molecule has 2 aromatic rings. The highest BCUT2D eigenvalue weighted by Crippen LogP contribution is 2.40. The summed E-state index contributed by atoms with van der Waals surface area (Å²) in [5, 5.41) is 2.78. The molecule has 132 valence electrons. The summed E-state index contributed by atoms with van der Waals surface area (Å²) in [6, 6.07) is 21.9. The van der Waals surface area contributed by atoms with Crippen molar-refractivity contribution in [2.75, 3.05) is 0 Å². The lowest BCUT2D eigenvalue weighted by Crippen LogP contribution is -2.68. The summed E-state index contributed by atoms with van der Waals surface area (Å²) in [5.41, 5.74) is 1.46. The fourth-order valence-corrected chi connectivity index (χ4v) is 8.82. The SMILES string of the molecule is CC1=CC[C@H](O[Si](c2ccccc2)(c2ccccc2)C(C)(C)C)[C@H]1C. The van der Waals surface area contributed by atoms with E-state index in [9.17, 15) is 0 Å². The Labute approximate surface area is 153 Å². The summed E-state index contributed by atoms with van der Waals surface area (Å²) in [7, 11) is -2.42. The molecule has 1 nitrogen and oxygen atoms in total. The molecule has 2 heteroatoms. The van der Waals surface area contributed by atoms with Crippen LogP contribution in [0.1, 0.15) is 41.0 Å². The monoisotopic (exact) mass is 350 g/mol. The van der Waals surface area contributed by atoms with E-state index in [1.165, 1.54) is 15.9 Å². The zero-order valence-corrected chi connectivity index (χ0v) is 17.1. The lowest BCUT2D eigenvalue weighted by atomic mass is 10.0. The third kappa shape index (κ3) is 3.25. The second kappa shape index (κ2) is 6.93. The molecule has 0 bridgehead atoms. The zero-order chi connectivity index (χ0) is 18.1. The Balaban J connectivity index is 2.16. The highest BCUT2D eigenvalue weighted by Gasteiger charge is 2.52. The molecule has 0 aliphatic heterocycles. The van der Waals surface area contributed by atoms with E-state index in [0.717, 1.165) is 6.42 Å². The van der Waals surface area contributed by atoms with Crippen molar-refractivity contribution in [3.8, 4) is 0 Å². The van der Waals surface area contributed by atoms with Crippen molar-refractivity contribution in [3.63, 3.8) is 0 Å². The second-order valence-electron chi connectivity index (χ2n) is 8.29. The molecule has 2 aromatic carbocycles. The summed E-state index contributed by atoms with van der Waals surface area (Å²) in [5.74, 6) is 0.488. The summed E-state index contributed by atoms with van der Waals surface area (Å²) in [6.07, 6.45) is 3.65. The molecule has 0 fully saturated rings. The van der Waals surface area contributed by atoms with Crippen LogP contribution in [0.4, 0.5) is 0 Å². The first-order valence-electron chi connectivity index (χ1n) is 9.32. The lowest BCUT2D eigenvalue weighted by Gasteiger charge is -2.45. The van der Waals surface area contributed by atoms with E-state index >= 15 is 0 Å². The third-order valence-corrected chi connectivity index (χ3v) is 10.8. The van der Waals surface area contributed by atoms with E-state index in [1.54, 1.807) is 0 Å². The largest absolute Gasteiger partial charge is 0.404 e. The van der Waals surface area contributed by atoms with Gasteiger partial charge in [-0.3, -0.25) is 0 Å². The minimum absolute atomic E-state index is 0.0475. The first-order chi connectivity index (χ1) is 11.9. The minimum Gasteiger partial charge on any atom is -0.404 e. The van der Waals surface area contributed by atoms with E-state index in [2.05, 4.69) is 101 Å². The van der Waals surface area contributed by atoms with E-state index in [4.69, 9.17) is 4.43 Å². The van der Waals surface area contributed by atoms with Crippen LogP contribution in [0.3, 0.4) is 0 Å². The Morgan fingerprint density at radius 3 is 1.72 bits per heavy atom. The lowest BCUT2D eigenvalue weighted by molar-refractivity contribution is 0.161. The maximum atomic E-state index is 7.21. The smallest absolute Gasteiger partial charge is 0.261 e. The zero-order valence-electron chi connectivity index (χ0n) is 16.1. The molecule has 0 aromatic heterocycles. The molecule has 0 radical (unpaired) electrons. The van der Waals surface area contributed by atoms with Crippen molar-refractivity contribution in [2.24, 2.45) is 5.92 Å². The third-order valence-electron chi connectivity index (χ3n) is 5.69. The summed E-state index contributed by atoms with van der Waals surface area (Å²) >= 11 is 0. The van der Waals surface area contributed by atoms with E-state index in [0.29, 0.717) is 5.92 Å². The summed E-state index contributed by atoms with van der Waals surface area (Å²) in [6.45, 7) is 11.6. The molecule has 0 saturated carbocycles. The van der Waals surface area contributed by atoms with Crippen molar-refractivity contribution in [3.05, 3.63) is 72.3 Å². The molecule has 1 aliphatic carbocycles. The van der Waals surface area contributed by atoms with Gasteiger partial charge in [-0.25, -0.2) is 0 Å². The molecule has 0 N–H and O–H groups in total. The van der Waals surface area contributed by atoms with Gasteiger partial charge in [-0.2, -0.15) is 0 Å². The van der Waals surface area contributed by atoms with Gasteiger partial charge in [-0.05, 0) is 28.8 Å². The quantitative estimate of drug-likeness (QED) is 0.562. The van der Waals surface area contributed by atoms with Gasteiger partial charge in [0.1, 0.15) is 0 Å². The molecule has 0 saturated heterocycles. The average molecular weight is 351 g/mol. The van der Waals surface area contributed by atoms with Gasteiger partial charge in [0.25, 0.3) is 8.32 Å². The molecule has 25 heavy (non-hydrogen) atoms. The van der Waals surface area contributed by atoms with Gasteiger partial charge in [-0.15, -0.1) is 0 Å². The van der Waals surface area contributed by atoms with Crippen LogP contribution in [0.2, 0.25) is 5.04 Å². The number of benzene rings is 2. The van der Waals surface area contributed by atoms with Crippen LogP contribution in [0, 0.1) is 5.92 Å². The molecule has 0 unspecified atom stereocenters. The fourth-order valence-electron chi connectivity index (χ4n) is 4.05. The van der Waals surface area contributed by atoms with Crippen molar-refractivity contribution in [1.82, 2.24) is 0 Å². The topological polar surface area (TPSA) is 9.23 Å². The van der Waals surface area contributed by atoms with Gasteiger partial charge >= 0.3 is 0 Å². The molecule has 3 rings (SSSR count). The van der Waals surface area contributed by atoms with Crippen molar-refractivity contribution < 1.29 is 4.43 Å². The number of rotatable bonds is 4. The van der Waals surface area contributed by atoms with Gasteiger partial charge in [0.15, 0.2) is 0 Å². The van der Waals surface area contributed by atoms with Crippen molar-refractivity contribution in [1.29, 1.82) is 0 Å². The summed E-state index contributed by atoms with van der Waals surface area (Å²) in [4.78, 5) is 0. The fraction of sp³-hybridized carbons (Fsp3) is 0.391. The maximum Gasteiger partial charge on any atom is 0.261 e. The molecule has 0 amide bonds. The minimum atomic E-state index is -2.42. The molecule has 0 spiro atoms. The van der Waals surface area contributed by atoms with E-state index < -0.39 is 8.32 Å². The highest BCUT2D eigenvalue weighted by atomic mass is 28.4. The maximum absolute atomic E-state index is 7.21. The van der Waals surface area contributed by atoms with Crippen LogP contribution in [0.5, 0.6) is 0 Å². The van der Waals surface area contributed by atoms with Gasteiger partial charge < -0.3 is 4.43 Å². The standard InChI is InChI=1S/C23H30OSi/c1-18-16-17-22(19(18)2)24-25(23(3,4)5,20-12-8-6-9-13-20)21-14-10-7-11-15-21/h6-16,19,22H,17H2,1-5H3/t19-,22-/m0/s1. The van der Waals surface area contributed by atoms with Crippen LogP contribution in [0.15, 0.2) is 72.3 Å². The van der Waals surface area contributed by atoms with Gasteiger partial charge in [0, 0.05) is 5.92 Å². The van der Waals surface area contributed by atoms with Gasteiger partial charge in [-0.1, -0.05) is 100 Å². The van der Waals surface area contributed by atoms with Crippen LogP contribution >= 0.6 is 0 Å².